The average molecular weight is 391 g/mol. The number of nitrogens with zero attached hydrogens (tertiary/aromatic N) is 1. The molecule has 0 aliphatic carbocycles. The second-order valence-electron chi connectivity index (χ2n) is 6.85. The SMILES string of the molecule is COc1ccc(NC(=O)c2cc(Nc3c(C)cc(C)cc3C)ccn2)cc1OC. The van der Waals surface area contributed by atoms with Crippen LogP contribution in [0.15, 0.2) is 48.7 Å². The van der Waals surface area contributed by atoms with Crippen molar-refractivity contribution >= 4 is 23.0 Å². The van der Waals surface area contributed by atoms with Crippen LogP contribution in [0.5, 0.6) is 11.5 Å². The lowest BCUT2D eigenvalue weighted by Crippen LogP contribution is -2.14. The smallest absolute Gasteiger partial charge is 0.274 e. The summed E-state index contributed by atoms with van der Waals surface area (Å²) in [6.45, 7) is 6.20. The molecule has 0 aliphatic rings. The Labute approximate surface area is 170 Å². The number of carbonyl (C=O) groups is 1. The Kier molecular flexibility index (Phi) is 6.02. The van der Waals surface area contributed by atoms with Crippen molar-refractivity contribution < 1.29 is 14.3 Å². The van der Waals surface area contributed by atoms with Crippen molar-refractivity contribution in [3.05, 3.63) is 71.0 Å². The van der Waals surface area contributed by atoms with Gasteiger partial charge in [0.25, 0.3) is 5.91 Å². The highest BCUT2D eigenvalue weighted by Crippen LogP contribution is 2.30. The first kappa shape index (κ1) is 20.2. The first-order chi connectivity index (χ1) is 13.9. The number of pyridine rings is 1. The largest absolute Gasteiger partial charge is 0.493 e. The lowest BCUT2D eigenvalue weighted by molar-refractivity contribution is 0.102. The third-order valence-corrected chi connectivity index (χ3v) is 4.58. The standard InChI is InChI=1S/C23H25N3O3/c1-14-10-15(2)22(16(3)11-14)25-18-8-9-24-19(12-18)23(27)26-17-6-7-20(28-4)21(13-17)29-5/h6-13H,1-5H3,(H,24,25)(H,26,27). The molecule has 1 heterocycles. The summed E-state index contributed by atoms with van der Waals surface area (Å²) in [6.07, 6.45) is 1.62. The summed E-state index contributed by atoms with van der Waals surface area (Å²) in [5.74, 6) is 0.830. The minimum atomic E-state index is -0.307. The normalized spacial score (nSPS) is 10.4. The average Bonchev–Trinajstić information content (AvgIpc) is 2.70. The number of hydrogen-bond acceptors (Lipinski definition) is 5. The minimum Gasteiger partial charge on any atom is -0.493 e. The van der Waals surface area contributed by atoms with Gasteiger partial charge in [-0.3, -0.25) is 9.78 Å². The summed E-state index contributed by atoms with van der Waals surface area (Å²) in [7, 11) is 3.12. The number of hydrogen-bond donors (Lipinski definition) is 2. The molecule has 29 heavy (non-hydrogen) atoms. The lowest BCUT2D eigenvalue weighted by atomic mass is 10.0. The van der Waals surface area contributed by atoms with Crippen molar-refractivity contribution in [3.63, 3.8) is 0 Å². The van der Waals surface area contributed by atoms with Gasteiger partial charge in [-0.05, 0) is 56.2 Å². The molecule has 0 unspecified atom stereocenters. The van der Waals surface area contributed by atoms with Gasteiger partial charge in [0, 0.05) is 29.3 Å². The third-order valence-electron chi connectivity index (χ3n) is 4.58. The molecule has 0 saturated heterocycles. The first-order valence-electron chi connectivity index (χ1n) is 9.25. The summed E-state index contributed by atoms with van der Waals surface area (Å²) in [5, 5.41) is 6.24. The van der Waals surface area contributed by atoms with Crippen molar-refractivity contribution in [1.29, 1.82) is 0 Å². The monoisotopic (exact) mass is 391 g/mol. The third kappa shape index (κ3) is 4.66. The highest BCUT2D eigenvalue weighted by molar-refractivity contribution is 6.03. The van der Waals surface area contributed by atoms with Crippen LogP contribution in [0.1, 0.15) is 27.2 Å². The zero-order valence-electron chi connectivity index (χ0n) is 17.3. The van der Waals surface area contributed by atoms with E-state index in [4.69, 9.17) is 9.47 Å². The molecule has 2 N–H and O–H groups in total. The summed E-state index contributed by atoms with van der Waals surface area (Å²) in [5.41, 5.74) is 6.26. The molecular formula is C23H25N3O3. The first-order valence-corrected chi connectivity index (χ1v) is 9.25. The zero-order valence-corrected chi connectivity index (χ0v) is 17.3. The Hall–Kier alpha value is -3.54. The second-order valence-corrected chi connectivity index (χ2v) is 6.85. The molecule has 0 aliphatic heterocycles. The molecular weight excluding hydrogens is 366 g/mol. The maximum Gasteiger partial charge on any atom is 0.274 e. The Morgan fingerprint density at radius 1 is 0.862 bits per heavy atom. The van der Waals surface area contributed by atoms with Crippen LogP contribution in [0, 0.1) is 20.8 Å². The summed E-state index contributed by atoms with van der Waals surface area (Å²) in [6, 6.07) is 13.0. The van der Waals surface area contributed by atoms with E-state index in [1.165, 1.54) is 5.56 Å². The van der Waals surface area contributed by atoms with Crippen LogP contribution < -0.4 is 20.1 Å². The number of anilines is 3. The van der Waals surface area contributed by atoms with Gasteiger partial charge in [0.05, 0.1) is 14.2 Å². The minimum absolute atomic E-state index is 0.307. The Balaban J connectivity index is 1.80. The summed E-state index contributed by atoms with van der Waals surface area (Å²) >= 11 is 0. The van der Waals surface area contributed by atoms with Crippen molar-refractivity contribution in [1.82, 2.24) is 4.98 Å². The number of aromatic nitrogens is 1. The molecule has 3 aromatic rings. The van der Waals surface area contributed by atoms with Gasteiger partial charge >= 0.3 is 0 Å². The van der Waals surface area contributed by atoms with Gasteiger partial charge in [-0.1, -0.05) is 17.7 Å². The Morgan fingerprint density at radius 3 is 2.21 bits per heavy atom. The number of nitrogens with one attached hydrogen (secondary N) is 2. The number of benzene rings is 2. The van der Waals surface area contributed by atoms with E-state index in [0.29, 0.717) is 22.9 Å². The quantitative estimate of drug-likeness (QED) is 0.617. The second kappa shape index (κ2) is 8.65. The van der Waals surface area contributed by atoms with Crippen LogP contribution in [0.25, 0.3) is 0 Å². The molecule has 0 spiro atoms. The van der Waals surface area contributed by atoms with E-state index < -0.39 is 0 Å². The van der Waals surface area contributed by atoms with Gasteiger partial charge in [-0.15, -0.1) is 0 Å². The highest BCUT2D eigenvalue weighted by Gasteiger charge is 2.12. The zero-order chi connectivity index (χ0) is 21.0. The van der Waals surface area contributed by atoms with E-state index in [-0.39, 0.29) is 5.91 Å². The molecule has 0 radical (unpaired) electrons. The number of methoxy groups -OCH3 is 2. The van der Waals surface area contributed by atoms with Crippen molar-refractivity contribution in [2.75, 3.05) is 24.9 Å². The Morgan fingerprint density at radius 2 is 1.55 bits per heavy atom. The predicted molar refractivity (Wildman–Crippen MR) is 116 cm³/mol. The van der Waals surface area contributed by atoms with E-state index in [9.17, 15) is 4.79 Å². The van der Waals surface area contributed by atoms with E-state index in [0.717, 1.165) is 22.5 Å². The molecule has 6 nitrogen and oxygen atoms in total. The molecule has 6 heteroatoms. The fourth-order valence-corrected chi connectivity index (χ4v) is 3.26. The number of rotatable bonds is 6. The highest BCUT2D eigenvalue weighted by atomic mass is 16.5. The molecule has 0 saturated carbocycles. The van der Waals surface area contributed by atoms with Crippen molar-refractivity contribution in [2.45, 2.75) is 20.8 Å². The van der Waals surface area contributed by atoms with Gasteiger partial charge < -0.3 is 20.1 Å². The van der Waals surface area contributed by atoms with Crippen molar-refractivity contribution in [2.24, 2.45) is 0 Å². The Bertz CT molecular complexity index is 1020. The molecule has 0 fully saturated rings. The molecule has 3 rings (SSSR count). The van der Waals surface area contributed by atoms with Crippen LogP contribution in [-0.4, -0.2) is 25.1 Å². The number of ether oxygens (including phenoxy) is 2. The summed E-state index contributed by atoms with van der Waals surface area (Å²) < 4.78 is 10.5. The molecule has 0 atom stereocenters. The van der Waals surface area contributed by atoms with Crippen LogP contribution in [0.4, 0.5) is 17.1 Å². The van der Waals surface area contributed by atoms with E-state index >= 15 is 0 Å². The van der Waals surface area contributed by atoms with E-state index in [1.807, 2.05) is 6.07 Å². The number of carbonyl (C=O) groups excluding carboxylic acids is 1. The predicted octanol–water partition coefficient (Wildman–Crippen LogP) is 5.02. The maximum atomic E-state index is 12.7. The molecule has 1 amide bonds. The number of amides is 1. The van der Waals surface area contributed by atoms with Gasteiger partial charge in [0.2, 0.25) is 0 Å². The maximum absolute atomic E-state index is 12.7. The number of aryl methyl sites for hydroxylation is 3. The topological polar surface area (TPSA) is 72.5 Å². The van der Waals surface area contributed by atoms with Gasteiger partial charge in [0.15, 0.2) is 11.5 Å². The fourth-order valence-electron chi connectivity index (χ4n) is 3.26. The lowest BCUT2D eigenvalue weighted by Gasteiger charge is -2.14. The van der Waals surface area contributed by atoms with Gasteiger partial charge in [-0.2, -0.15) is 0 Å². The van der Waals surface area contributed by atoms with Crippen molar-refractivity contribution in [3.8, 4) is 11.5 Å². The van der Waals surface area contributed by atoms with Gasteiger partial charge in [-0.25, -0.2) is 0 Å². The van der Waals surface area contributed by atoms with E-state index in [1.54, 1.807) is 44.7 Å². The van der Waals surface area contributed by atoms with Crippen LogP contribution >= 0.6 is 0 Å². The summed E-state index contributed by atoms with van der Waals surface area (Å²) in [4.78, 5) is 16.9. The molecule has 150 valence electrons. The van der Waals surface area contributed by atoms with Gasteiger partial charge in [0.1, 0.15) is 5.69 Å². The molecule has 1 aromatic heterocycles. The fraction of sp³-hybridized carbons (Fsp3) is 0.217. The van der Waals surface area contributed by atoms with Crippen LogP contribution in [0.3, 0.4) is 0 Å². The molecule has 0 bridgehead atoms. The van der Waals surface area contributed by atoms with E-state index in [2.05, 4.69) is 48.5 Å². The molecule has 2 aromatic carbocycles. The van der Waals surface area contributed by atoms with Crippen LogP contribution in [-0.2, 0) is 0 Å². The van der Waals surface area contributed by atoms with Crippen LogP contribution in [0.2, 0.25) is 0 Å².